The summed E-state index contributed by atoms with van der Waals surface area (Å²) < 4.78 is 7.13. The van der Waals surface area contributed by atoms with Gasteiger partial charge in [0.1, 0.15) is 6.23 Å². The van der Waals surface area contributed by atoms with Gasteiger partial charge in [-0.2, -0.15) is 0 Å². The van der Waals surface area contributed by atoms with Crippen LogP contribution in [0.4, 0.5) is 0 Å². The maximum absolute atomic E-state index is 12.4. The van der Waals surface area contributed by atoms with E-state index < -0.39 is 17.5 Å². The lowest BCUT2D eigenvalue weighted by Gasteiger charge is -2.20. The number of ether oxygens (including phenoxy) is 1. The van der Waals surface area contributed by atoms with Crippen molar-refractivity contribution in [2.45, 2.75) is 25.2 Å². The molecule has 0 radical (unpaired) electrons. The van der Waals surface area contributed by atoms with Gasteiger partial charge in [0.15, 0.2) is 0 Å². The van der Waals surface area contributed by atoms with Crippen LogP contribution in [0.1, 0.15) is 39.8 Å². The second-order valence-electron chi connectivity index (χ2n) is 6.07. The van der Waals surface area contributed by atoms with Crippen molar-refractivity contribution in [1.29, 1.82) is 0 Å². The van der Waals surface area contributed by atoms with E-state index in [1.54, 1.807) is 24.3 Å². The van der Waals surface area contributed by atoms with Crippen molar-refractivity contribution in [2.24, 2.45) is 0 Å². The van der Waals surface area contributed by atoms with E-state index in [9.17, 15) is 19.2 Å². The molecule has 25 heavy (non-hydrogen) atoms. The molecule has 0 saturated carbocycles. The van der Waals surface area contributed by atoms with Gasteiger partial charge in [0.2, 0.25) is 0 Å². The quantitative estimate of drug-likeness (QED) is 0.820. The van der Waals surface area contributed by atoms with E-state index in [0.29, 0.717) is 24.0 Å². The van der Waals surface area contributed by atoms with Gasteiger partial charge in [-0.1, -0.05) is 12.1 Å². The molecule has 1 fully saturated rings. The number of hydrogen-bond donors (Lipinski definition) is 1. The molecule has 4 rings (SSSR count). The highest BCUT2D eigenvalue weighted by molar-refractivity contribution is 6.21. The van der Waals surface area contributed by atoms with E-state index in [1.165, 1.54) is 21.7 Å². The normalized spacial score (nSPS) is 22.5. The Labute approximate surface area is 141 Å². The van der Waals surface area contributed by atoms with Crippen molar-refractivity contribution >= 4 is 11.8 Å². The van der Waals surface area contributed by atoms with Gasteiger partial charge in [0.25, 0.3) is 17.4 Å². The molecule has 1 N–H and O–H groups in total. The second-order valence-corrected chi connectivity index (χ2v) is 6.07. The smallest absolute Gasteiger partial charge is 0.330 e. The third-order valence-corrected chi connectivity index (χ3v) is 4.51. The van der Waals surface area contributed by atoms with Crippen LogP contribution in [0.25, 0.3) is 0 Å². The topological polar surface area (TPSA) is 101 Å². The minimum atomic E-state index is -0.543. The highest BCUT2D eigenvalue weighted by Gasteiger charge is 2.38. The molecule has 1 unspecified atom stereocenters. The number of benzene rings is 1. The van der Waals surface area contributed by atoms with Crippen LogP contribution in [0.5, 0.6) is 0 Å². The number of carbonyl (C=O) groups excluding carboxylic acids is 2. The van der Waals surface area contributed by atoms with Gasteiger partial charge in [0, 0.05) is 12.3 Å². The third-order valence-electron chi connectivity index (χ3n) is 4.51. The van der Waals surface area contributed by atoms with Gasteiger partial charge in [-0.3, -0.25) is 28.8 Å². The number of nitrogens with zero attached hydrogens (tertiary/aromatic N) is 2. The van der Waals surface area contributed by atoms with Gasteiger partial charge < -0.3 is 4.74 Å². The fourth-order valence-corrected chi connectivity index (χ4v) is 3.29. The van der Waals surface area contributed by atoms with Gasteiger partial charge in [-0.25, -0.2) is 4.79 Å². The van der Waals surface area contributed by atoms with E-state index in [-0.39, 0.29) is 24.5 Å². The number of amides is 2. The third kappa shape index (κ3) is 2.60. The molecule has 128 valence electrons. The number of aromatic amines is 1. The molecule has 2 aromatic rings. The first-order chi connectivity index (χ1) is 12.0. The molecule has 0 aliphatic carbocycles. The van der Waals surface area contributed by atoms with Crippen LogP contribution in [0.15, 0.2) is 46.1 Å². The number of nitrogens with one attached hydrogen (secondary N) is 1. The summed E-state index contributed by atoms with van der Waals surface area (Å²) in [6.07, 6.45) is 1.66. The number of imide groups is 1. The first-order valence-corrected chi connectivity index (χ1v) is 7.97. The molecule has 0 spiro atoms. The molecule has 2 aliphatic rings. The molecule has 2 aliphatic heterocycles. The molecule has 1 aromatic heterocycles. The van der Waals surface area contributed by atoms with Crippen LogP contribution in [-0.2, 0) is 4.74 Å². The van der Waals surface area contributed by atoms with Crippen molar-refractivity contribution in [1.82, 2.24) is 14.5 Å². The summed E-state index contributed by atoms with van der Waals surface area (Å²) in [6, 6.07) is 7.96. The fourth-order valence-electron chi connectivity index (χ4n) is 3.29. The minimum absolute atomic E-state index is 0.140. The van der Waals surface area contributed by atoms with Crippen LogP contribution >= 0.6 is 0 Å². The van der Waals surface area contributed by atoms with Gasteiger partial charge in [0.05, 0.1) is 23.8 Å². The van der Waals surface area contributed by atoms with E-state index in [0.717, 1.165) is 0 Å². The predicted molar refractivity (Wildman–Crippen MR) is 86.3 cm³/mol. The molecule has 3 heterocycles. The number of hydrogen-bond acceptors (Lipinski definition) is 5. The summed E-state index contributed by atoms with van der Waals surface area (Å²) in [5.41, 5.74) is -0.210. The lowest BCUT2D eigenvalue weighted by molar-refractivity contribution is -0.0117. The largest absolute Gasteiger partial charge is 0.353 e. The maximum atomic E-state index is 12.4. The number of fused-ring (bicyclic) bond motifs is 1. The maximum Gasteiger partial charge on any atom is 0.330 e. The Hall–Kier alpha value is -3.00. The Bertz CT molecular complexity index is 941. The SMILES string of the molecule is O=C1c2ccccc2C(=O)N1CC1CC[C@H](n2ccc(=O)[nH]c2=O)O1. The number of rotatable bonds is 3. The lowest BCUT2D eigenvalue weighted by Crippen LogP contribution is -2.37. The molecule has 2 atom stereocenters. The van der Waals surface area contributed by atoms with Crippen LogP contribution in [0.2, 0.25) is 0 Å². The summed E-state index contributed by atoms with van der Waals surface area (Å²) in [6.45, 7) is 0.140. The van der Waals surface area contributed by atoms with Gasteiger partial charge in [-0.15, -0.1) is 0 Å². The monoisotopic (exact) mass is 341 g/mol. The highest BCUT2D eigenvalue weighted by atomic mass is 16.5. The first kappa shape index (κ1) is 15.5. The standard InChI is InChI=1S/C17H15N3O5/c21-13-7-8-19(17(24)18-13)14-6-5-10(25-14)9-20-15(22)11-3-1-2-4-12(11)16(20)23/h1-4,7-8,10,14H,5-6,9H2,(H,18,21,24)/t10?,14-/m1/s1. The predicted octanol–water partition coefficient (Wildman–Crippen LogP) is 0.510. The van der Waals surface area contributed by atoms with Crippen LogP contribution in [-0.4, -0.2) is 38.9 Å². The zero-order chi connectivity index (χ0) is 17.6. The summed E-state index contributed by atoms with van der Waals surface area (Å²) >= 11 is 0. The Morgan fingerprint density at radius 1 is 1.00 bits per heavy atom. The second kappa shape index (κ2) is 5.82. The van der Waals surface area contributed by atoms with Crippen molar-refractivity contribution in [3.63, 3.8) is 0 Å². The van der Waals surface area contributed by atoms with Crippen molar-refractivity contribution < 1.29 is 14.3 Å². The Kier molecular flexibility index (Phi) is 3.61. The van der Waals surface area contributed by atoms with Crippen molar-refractivity contribution in [3.8, 4) is 0 Å². The van der Waals surface area contributed by atoms with Crippen LogP contribution in [0, 0.1) is 0 Å². The molecule has 8 nitrogen and oxygen atoms in total. The zero-order valence-electron chi connectivity index (χ0n) is 13.2. The van der Waals surface area contributed by atoms with E-state index in [1.807, 2.05) is 0 Å². The average molecular weight is 341 g/mol. The molecule has 0 bridgehead atoms. The summed E-state index contributed by atoms with van der Waals surface area (Å²) in [4.78, 5) is 51.1. The highest BCUT2D eigenvalue weighted by Crippen LogP contribution is 2.30. The minimum Gasteiger partial charge on any atom is -0.353 e. The Balaban J connectivity index is 1.49. The Morgan fingerprint density at radius 2 is 1.68 bits per heavy atom. The summed E-state index contributed by atoms with van der Waals surface area (Å²) in [7, 11) is 0. The average Bonchev–Trinajstić information content (AvgIpc) is 3.15. The van der Waals surface area contributed by atoms with E-state index in [2.05, 4.69) is 4.98 Å². The number of aromatic nitrogens is 2. The lowest BCUT2D eigenvalue weighted by atomic mass is 10.1. The first-order valence-electron chi connectivity index (χ1n) is 7.97. The van der Waals surface area contributed by atoms with Crippen molar-refractivity contribution in [3.05, 3.63) is 68.5 Å². The van der Waals surface area contributed by atoms with E-state index in [4.69, 9.17) is 4.74 Å². The van der Waals surface area contributed by atoms with Gasteiger partial charge >= 0.3 is 5.69 Å². The summed E-state index contributed by atoms with van der Waals surface area (Å²) in [5.74, 6) is -0.650. The van der Waals surface area contributed by atoms with Crippen LogP contribution < -0.4 is 11.2 Å². The summed E-state index contributed by atoms with van der Waals surface area (Å²) in [5, 5.41) is 0. The van der Waals surface area contributed by atoms with Crippen molar-refractivity contribution in [2.75, 3.05) is 6.54 Å². The Morgan fingerprint density at radius 3 is 2.32 bits per heavy atom. The number of H-pyrrole nitrogens is 1. The fraction of sp³-hybridized carbons (Fsp3) is 0.294. The van der Waals surface area contributed by atoms with E-state index >= 15 is 0 Å². The molecular formula is C17H15N3O5. The number of carbonyl (C=O) groups is 2. The zero-order valence-corrected chi connectivity index (χ0v) is 13.2. The van der Waals surface area contributed by atoms with Gasteiger partial charge in [-0.05, 0) is 25.0 Å². The molecule has 2 amide bonds. The molecule has 1 saturated heterocycles. The van der Waals surface area contributed by atoms with Crippen LogP contribution in [0.3, 0.4) is 0 Å². The molecule has 8 heteroatoms. The molecular weight excluding hydrogens is 326 g/mol. The molecule has 1 aromatic carbocycles.